The van der Waals surface area contributed by atoms with Crippen LogP contribution in [0.4, 0.5) is 0 Å². The Balaban J connectivity index is 1.28. The van der Waals surface area contributed by atoms with Crippen molar-refractivity contribution >= 4 is 44.2 Å². The van der Waals surface area contributed by atoms with E-state index in [1.165, 1.54) is 4.68 Å². The number of amides is 1. The van der Waals surface area contributed by atoms with Crippen molar-refractivity contribution in [3.63, 3.8) is 0 Å². The highest BCUT2D eigenvalue weighted by Gasteiger charge is 2.28. The van der Waals surface area contributed by atoms with Gasteiger partial charge in [-0.15, -0.1) is 11.3 Å². The van der Waals surface area contributed by atoms with E-state index in [0.717, 1.165) is 28.1 Å². The van der Waals surface area contributed by atoms with Crippen molar-refractivity contribution < 1.29 is 14.3 Å². The molecule has 4 aromatic rings. The summed E-state index contributed by atoms with van der Waals surface area (Å²) in [6, 6.07) is 14.9. The second kappa shape index (κ2) is 9.95. The van der Waals surface area contributed by atoms with E-state index >= 15 is 0 Å². The molecule has 0 radical (unpaired) electrons. The molecule has 1 aliphatic rings. The molecule has 2 aromatic heterocycles. The van der Waals surface area contributed by atoms with Gasteiger partial charge in [0, 0.05) is 30.9 Å². The standard InChI is InChI=1S/C26H26N4O4S/c1-2-13-30-25(32)19-10-4-3-9-18(19)23(28-30)26(33)34-16-22(31)29-14-7-8-17(15-29)24-27-20-11-5-6-12-21(20)35-24/h3-6,9-12,17H,2,7-8,13-16H2,1H3. The fourth-order valence-corrected chi connectivity index (χ4v) is 5.60. The molecule has 1 saturated heterocycles. The lowest BCUT2D eigenvalue weighted by Crippen LogP contribution is -2.41. The van der Waals surface area contributed by atoms with Crippen LogP contribution in [-0.2, 0) is 16.1 Å². The Morgan fingerprint density at radius 3 is 2.69 bits per heavy atom. The zero-order chi connectivity index (χ0) is 24.4. The summed E-state index contributed by atoms with van der Waals surface area (Å²) in [7, 11) is 0. The monoisotopic (exact) mass is 490 g/mol. The number of aromatic nitrogens is 3. The summed E-state index contributed by atoms with van der Waals surface area (Å²) in [5.74, 6) is -0.779. The van der Waals surface area contributed by atoms with E-state index in [1.54, 1.807) is 40.5 Å². The number of carbonyl (C=O) groups is 2. The maximum Gasteiger partial charge on any atom is 0.359 e. The number of benzene rings is 2. The Bertz CT molecular complexity index is 1430. The molecule has 5 rings (SSSR count). The summed E-state index contributed by atoms with van der Waals surface area (Å²) in [5.41, 5.74) is 0.783. The predicted octanol–water partition coefficient (Wildman–Crippen LogP) is 3.98. The van der Waals surface area contributed by atoms with Crippen molar-refractivity contribution in [1.29, 1.82) is 0 Å². The van der Waals surface area contributed by atoms with E-state index in [-0.39, 0.29) is 29.7 Å². The number of rotatable bonds is 6. The normalized spacial score (nSPS) is 16.0. The Kier molecular flexibility index (Phi) is 6.59. The first kappa shape index (κ1) is 23.2. The van der Waals surface area contributed by atoms with Gasteiger partial charge in [0.05, 0.1) is 20.6 Å². The number of esters is 1. The molecule has 1 fully saturated rings. The van der Waals surface area contributed by atoms with Crippen molar-refractivity contribution in [3.8, 4) is 0 Å². The fourth-order valence-electron chi connectivity index (χ4n) is 4.51. The van der Waals surface area contributed by atoms with Crippen molar-refractivity contribution in [2.75, 3.05) is 19.7 Å². The van der Waals surface area contributed by atoms with Gasteiger partial charge in [0.15, 0.2) is 12.3 Å². The fraction of sp³-hybridized carbons (Fsp3) is 0.346. The first-order chi connectivity index (χ1) is 17.0. The van der Waals surface area contributed by atoms with E-state index in [9.17, 15) is 14.4 Å². The van der Waals surface area contributed by atoms with Gasteiger partial charge >= 0.3 is 5.97 Å². The highest BCUT2D eigenvalue weighted by atomic mass is 32.1. The minimum absolute atomic E-state index is 0.0486. The van der Waals surface area contributed by atoms with Crippen LogP contribution in [0, 0.1) is 0 Å². The summed E-state index contributed by atoms with van der Waals surface area (Å²) < 4.78 is 7.82. The summed E-state index contributed by atoms with van der Waals surface area (Å²) in [5, 5.41) is 6.12. The number of likely N-dealkylation sites (tertiary alicyclic amines) is 1. The zero-order valence-corrected chi connectivity index (χ0v) is 20.3. The number of fused-ring (bicyclic) bond motifs is 2. The highest BCUT2D eigenvalue weighted by Crippen LogP contribution is 2.33. The average Bonchev–Trinajstić information content (AvgIpc) is 3.33. The van der Waals surface area contributed by atoms with Crippen LogP contribution < -0.4 is 5.56 Å². The largest absolute Gasteiger partial charge is 0.451 e. The number of ether oxygens (including phenoxy) is 1. The molecular weight excluding hydrogens is 464 g/mol. The molecular formula is C26H26N4O4S. The SMILES string of the molecule is CCCn1nc(C(=O)OCC(=O)N2CCCC(c3nc4ccccc4s3)C2)c2ccccc2c1=O. The third-order valence-corrected chi connectivity index (χ3v) is 7.46. The maximum atomic E-state index is 12.9. The Labute approximate surface area is 206 Å². The van der Waals surface area contributed by atoms with Crippen LogP contribution in [-0.4, -0.2) is 51.2 Å². The maximum absolute atomic E-state index is 12.9. The molecule has 1 aliphatic heterocycles. The van der Waals surface area contributed by atoms with Gasteiger partial charge in [0.2, 0.25) is 0 Å². The average molecular weight is 491 g/mol. The number of nitrogens with zero attached hydrogens (tertiary/aromatic N) is 4. The quantitative estimate of drug-likeness (QED) is 0.380. The molecule has 9 heteroatoms. The van der Waals surface area contributed by atoms with Crippen molar-refractivity contribution in [1.82, 2.24) is 19.7 Å². The third kappa shape index (κ3) is 4.68. The molecule has 0 bridgehead atoms. The molecule has 0 aliphatic carbocycles. The van der Waals surface area contributed by atoms with Crippen LogP contribution in [0.5, 0.6) is 0 Å². The van der Waals surface area contributed by atoms with E-state index < -0.39 is 5.97 Å². The van der Waals surface area contributed by atoms with Crippen molar-refractivity contribution in [2.24, 2.45) is 0 Å². The topological polar surface area (TPSA) is 94.4 Å². The lowest BCUT2D eigenvalue weighted by atomic mass is 9.99. The van der Waals surface area contributed by atoms with Crippen LogP contribution in [0.3, 0.4) is 0 Å². The second-order valence-corrected chi connectivity index (χ2v) is 9.76. The highest BCUT2D eigenvalue weighted by molar-refractivity contribution is 7.18. The minimum Gasteiger partial charge on any atom is -0.451 e. The van der Waals surface area contributed by atoms with Crippen LogP contribution in [0.1, 0.15) is 47.6 Å². The molecule has 0 N–H and O–H groups in total. The molecule has 0 saturated carbocycles. The number of thiazole rings is 1. The molecule has 2 aromatic carbocycles. The molecule has 8 nitrogen and oxygen atoms in total. The van der Waals surface area contributed by atoms with E-state index in [4.69, 9.17) is 9.72 Å². The van der Waals surface area contributed by atoms with Crippen LogP contribution in [0.2, 0.25) is 0 Å². The number of para-hydroxylation sites is 1. The van der Waals surface area contributed by atoms with Gasteiger partial charge < -0.3 is 9.64 Å². The lowest BCUT2D eigenvalue weighted by Gasteiger charge is -2.31. The minimum atomic E-state index is -0.709. The number of hydrogen-bond donors (Lipinski definition) is 0. The van der Waals surface area contributed by atoms with E-state index in [1.807, 2.05) is 25.1 Å². The zero-order valence-electron chi connectivity index (χ0n) is 19.5. The molecule has 1 atom stereocenters. The predicted molar refractivity (Wildman–Crippen MR) is 135 cm³/mol. The first-order valence-electron chi connectivity index (χ1n) is 11.9. The summed E-state index contributed by atoms with van der Waals surface area (Å²) in [6.07, 6.45) is 2.54. The first-order valence-corrected chi connectivity index (χ1v) is 12.7. The molecule has 35 heavy (non-hydrogen) atoms. The molecule has 1 amide bonds. The van der Waals surface area contributed by atoms with Crippen LogP contribution in [0.25, 0.3) is 21.0 Å². The van der Waals surface area contributed by atoms with Gasteiger partial charge in [0.1, 0.15) is 0 Å². The van der Waals surface area contributed by atoms with Gasteiger partial charge in [-0.1, -0.05) is 37.3 Å². The number of hydrogen-bond acceptors (Lipinski definition) is 7. The van der Waals surface area contributed by atoms with E-state index in [2.05, 4.69) is 11.2 Å². The Morgan fingerprint density at radius 1 is 1.11 bits per heavy atom. The van der Waals surface area contributed by atoms with Gasteiger partial charge in [-0.05, 0) is 37.5 Å². The van der Waals surface area contributed by atoms with Gasteiger partial charge in [-0.25, -0.2) is 14.5 Å². The van der Waals surface area contributed by atoms with Crippen molar-refractivity contribution in [3.05, 3.63) is 69.6 Å². The second-order valence-electron chi connectivity index (χ2n) is 8.70. The molecule has 1 unspecified atom stereocenters. The van der Waals surface area contributed by atoms with E-state index in [0.29, 0.717) is 36.8 Å². The number of aryl methyl sites for hydroxylation is 1. The number of piperidine rings is 1. The Hall–Kier alpha value is -3.59. The third-order valence-electron chi connectivity index (χ3n) is 6.26. The smallest absolute Gasteiger partial charge is 0.359 e. The summed E-state index contributed by atoms with van der Waals surface area (Å²) in [4.78, 5) is 45.0. The summed E-state index contributed by atoms with van der Waals surface area (Å²) in [6.45, 7) is 3.14. The van der Waals surface area contributed by atoms with Gasteiger partial charge in [-0.2, -0.15) is 5.10 Å². The van der Waals surface area contributed by atoms with Crippen LogP contribution in [0.15, 0.2) is 53.3 Å². The van der Waals surface area contributed by atoms with Crippen LogP contribution >= 0.6 is 11.3 Å². The molecule has 3 heterocycles. The lowest BCUT2D eigenvalue weighted by molar-refractivity contribution is -0.135. The van der Waals surface area contributed by atoms with Gasteiger partial charge in [-0.3, -0.25) is 9.59 Å². The number of carbonyl (C=O) groups excluding carboxylic acids is 2. The van der Waals surface area contributed by atoms with Crippen molar-refractivity contribution in [2.45, 2.75) is 38.6 Å². The molecule has 0 spiro atoms. The Morgan fingerprint density at radius 2 is 1.89 bits per heavy atom. The molecule has 180 valence electrons. The van der Waals surface area contributed by atoms with Gasteiger partial charge in [0.25, 0.3) is 11.5 Å². The summed E-state index contributed by atoms with van der Waals surface area (Å²) >= 11 is 1.67.